The highest BCUT2D eigenvalue weighted by molar-refractivity contribution is 7.10. The maximum Gasteiger partial charge on any atom is 0.408 e. The highest BCUT2D eigenvalue weighted by atomic mass is 32.1. The number of hydrogen-bond donors (Lipinski definition) is 2. The molecule has 1 atom stereocenters. The van der Waals surface area contributed by atoms with Crippen molar-refractivity contribution in [3.05, 3.63) is 21.9 Å². The minimum absolute atomic E-state index is 0.170. The molecule has 0 radical (unpaired) electrons. The third-order valence-corrected chi connectivity index (χ3v) is 3.21. The Morgan fingerprint density at radius 1 is 1.47 bits per heavy atom. The van der Waals surface area contributed by atoms with Gasteiger partial charge in [0.2, 0.25) is 0 Å². The first-order chi connectivity index (χ1) is 8.69. The number of carboxylic acids is 1. The van der Waals surface area contributed by atoms with E-state index in [9.17, 15) is 9.59 Å². The van der Waals surface area contributed by atoms with Crippen molar-refractivity contribution in [2.75, 3.05) is 0 Å². The van der Waals surface area contributed by atoms with Crippen LogP contribution in [0.1, 0.15) is 43.7 Å². The van der Waals surface area contributed by atoms with Crippen molar-refractivity contribution < 1.29 is 19.4 Å². The van der Waals surface area contributed by atoms with E-state index >= 15 is 0 Å². The summed E-state index contributed by atoms with van der Waals surface area (Å²) >= 11 is 1.52. The summed E-state index contributed by atoms with van der Waals surface area (Å²) in [5, 5.41) is 13.4. The number of rotatable bonds is 4. The molecule has 0 saturated carbocycles. The van der Waals surface area contributed by atoms with Gasteiger partial charge in [-0.1, -0.05) is 0 Å². The number of ether oxygens (including phenoxy) is 1. The predicted octanol–water partition coefficient (Wildman–Crippen LogP) is 3.10. The van der Waals surface area contributed by atoms with E-state index in [0.717, 1.165) is 10.4 Å². The quantitative estimate of drug-likeness (QED) is 0.891. The Hall–Kier alpha value is -1.56. The van der Waals surface area contributed by atoms with Gasteiger partial charge in [0.05, 0.1) is 12.5 Å². The summed E-state index contributed by atoms with van der Waals surface area (Å²) in [6, 6.07) is 1.25. The average Bonchev–Trinajstić information content (AvgIpc) is 2.59. The third-order valence-electron chi connectivity index (χ3n) is 2.34. The van der Waals surface area contributed by atoms with Crippen LogP contribution < -0.4 is 5.32 Å². The predicted molar refractivity (Wildman–Crippen MR) is 73.4 cm³/mol. The number of alkyl carbamates (subject to hydrolysis) is 1. The van der Waals surface area contributed by atoms with Crippen LogP contribution in [0, 0.1) is 6.92 Å². The van der Waals surface area contributed by atoms with Gasteiger partial charge in [0.15, 0.2) is 0 Å². The van der Waals surface area contributed by atoms with Gasteiger partial charge >= 0.3 is 12.1 Å². The molecule has 0 aliphatic heterocycles. The second kappa shape index (κ2) is 6.06. The maximum atomic E-state index is 11.7. The van der Waals surface area contributed by atoms with E-state index in [2.05, 4.69) is 5.32 Å². The minimum atomic E-state index is -0.966. The fourth-order valence-corrected chi connectivity index (χ4v) is 2.38. The molecule has 0 saturated heterocycles. The van der Waals surface area contributed by atoms with Gasteiger partial charge in [-0.3, -0.25) is 4.79 Å². The summed E-state index contributed by atoms with van der Waals surface area (Å²) in [6.45, 7) is 7.17. The standard InChI is InChI=1S/C13H19NO4S/c1-8-9(5-6-19-8)10(7-11(15)16)14-12(17)18-13(2,3)4/h5-6,10H,7H2,1-4H3,(H,14,17)(H,15,16)/t10-/m0/s1. The molecular formula is C13H19NO4S. The highest BCUT2D eigenvalue weighted by Crippen LogP contribution is 2.25. The molecule has 0 spiro atoms. The maximum absolute atomic E-state index is 11.7. The first kappa shape index (κ1) is 15.5. The van der Waals surface area contributed by atoms with Crippen molar-refractivity contribution in [3.8, 4) is 0 Å². The number of thiophene rings is 1. The molecule has 5 nitrogen and oxygen atoms in total. The van der Waals surface area contributed by atoms with E-state index in [0.29, 0.717) is 0 Å². The molecule has 1 amide bonds. The van der Waals surface area contributed by atoms with E-state index < -0.39 is 23.7 Å². The molecule has 19 heavy (non-hydrogen) atoms. The Morgan fingerprint density at radius 2 is 2.11 bits per heavy atom. The van der Waals surface area contributed by atoms with Crippen LogP contribution in [0.4, 0.5) is 4.79 Å². The molecule has 106 valence electrons. The summed E-state index contributed by atoms with van der Waals surface area (Å²) in [5.74, 6) is -0.966. The number of carbonyl (C=O) groups excluding carboxylic acids is 1. The Balaban J connectivity index is 2.79. The number of amides is 1. The number of hydrogen-bond acceptors (Lipinski definition) is 4. The summed E-state index contributed by atoms with van der Waals surface area (Å²) in [7, 11) is 0. The summed E-state index contributed by atoms with van der Waals surface area (Å²) in [4.78, 5) is 23.6. The van der Waals surface area contributed by atoms with Gasteiger partial charge in [-0.05, 0) is 44.7 Å². The molecule has 0 aliphatic carbocycles. The number of aliphatic carboxylic acids is 1. The molecule has 0 aromatic carbocycles. The van der Waals surface area contributed by atoms with Gasteiger partial charge in [-0.15, -0.1) is 11.3 Å². The zero-order valence-corrected chi connectivity index (χ0v) is 12.3. The summed E-state index contributed by atoms with van der Waals surface area (Å²) in [5.41, 5.74) is 0.208. The lowest BCUT2D eigenvalue weighted by atomic mass is 10.1. The lowest BCUT2D eigenvalue weighted by Crippen LogP contribution is -2.35. The second-order valence-electron chi connectivity index (χ2n) is 5.23. The SMILES string of the molecule is Cc1sccc1[C@H](CC(=O)O)NC(=O)OC(C)(C)C. The summed E-state index contributed by atoms with van der Waals surface area (Å²) in [6.07, 6.45) is -0.777. The molecule has 0 aliphatic rings. The lowest BCUT2D eigenvalue weighted by molar-refractivity contribution is -0.137. The van der Waals surface area contributed by atoms with Crippen molar-refractivity contribution >= 4 is 23.4 Å². The van der Waals surface area contributed by atoms with Crippen LogP contribution in [-0.4, -0.2) is 22.8 Å². The largest absolute Gasteiger partial charge is 0.481 e. The van der Waals surface area contributed by atoms with Crippen molar-refractivity contribution in [2.45, 2.75) is 45.8 Å². The van der Waals surface area contributed by atoms with Gasteiger partial charge in [-0.25, -0.2) is 4.79 Å². The van der Waals surface area contributed by atoms with Gasteiger partial charge in [0, 0.05) is 4.88 Å². The van der Waals surface area contributed by atoms with Crippen LogP contribution >= 0.6 is 11.3 Å². The van der Waals surface area contributed by atoms with Crippen LogP contribution in [0.5, 0.6) is 0 Å². The first-order valence-electron chi connectivity index (χ1n) is 5.94. The minimum Gasteiger partial charge on any atom is -0.481 e. The average molecular weight is 285 g/mol. The molecule has 0 unspecified atom stereocenters. The highest BCUT2D eigenvalue weighted by Gasteiger charge is 2.23. The summed E-state index contributed by atoms with van der Waals surface area (Å²) < 4.78 is 5.15. The number of nitrogens with one attached hydrogen (secondary N) is 1. The van der Waals surface area contributed by atoms with Crippen LogP contribution in [0.2, 0.25) is 0 Å². The zero-order valence-electron chi connectivity index (χ0n) is 11.5. The van der Waals surface area contributed by atoms with Crippen molar-refractivity contribution in [1.29, 1.82) is 0 Å². The van der Waals surface area contributed by atoms with E-state index in [1.165, 1.54) is 11.3 Å². The first-order valence-corrected chi connectivity index (χ1v) is 6.82. The Morgan fingerprint density at radius 3 is 2.53 bits per heavy atom. The van der Waals surface area contributed by atoms with Gasteiger partial charge in [0.1, 0.15) is 5.60 Å². The Bertz CT molecular complexity index is 461. The van der Waals surface area contributed by atoms with E-state index in [-0.39, 0.29) is 6.42 Å². The fraction of sp³-hybridized carbons (Fsp3) is 0.538. The smallest absolute Gasteiger partial charge is 0.408 e. The van der Waals surface area contributed by atoms with Crippen molar-refractivity contribution in [1.82, 2.24) is 5.32 Å². The number of carbonyl (C=O) groups is 2. The molecule has 2 N–H and O–H groups in total. The van der Waals surface area contributed by atoms with Crippen LogP contribution in [-0.2, 0) is 9.53 Å². The topological polar surface area (TPSA) is 75.6 Å². The van der Waals surface area contributed by atoms with E-state index in [1.54, 1.807) is 20.8 Å². The van der Waals surface area contributed by atoms with Crippen LogP contribution in [0.3, 0.4) is 0 Å². The zero-order chi connectivity index (χ0) is 14.6. The van der Waals surface area contributed by atoms with Crippen LogP contribution in [0.15, 0.2) is 11.4 Å². The molecule has 6 heteroatoms. The third kappa shape index (κ3) is 5.30. The normalized spacial score (nSPS) is 12.8. The monoisotopic (exact) mass is 285 g/mol. The molecule has 1 heterocycles. The molecule has 0 bridgehead atoms. The fourth-order valence-electron chi connectivity index (χ4n) is 1.62. The van der Waals surface area contributed by atoms with Gasteiger partial charge in [0.25, 0.3) is 0 Å². The Kier molecular flexibility index (Phi) is 4.94. The van der Waals surface area contributed by atoms with E-state index in [4.69, 9.17) is 9.84 Å². The van der Waals surface area contributed by atoms with Crippen molar-refractivity contribution in [3.63, 3.8) is 0 Å². The van der Waals surface area contributed by atoms with Gasteiger partial charge in [-0.2, -0.15) is 0 Å². The molecule has 0 fully saturated rings. The number of aryl methyl sites for hydroxylation is 1. The number of carboxylic acid groups (broad SMARTS) is 1. The molecule has 1 aromatic heterocycles. The van der Waals surface area contributed by atoms with Gasteiger partial charge < -0.3 is 15.2 Å². The molecular weight excluding hydrogens is 266 g/mol. The molecule has 1 rings (SSSR count). The lowest BCUT2D eigenvalue weighted by Gasteiger charge is -2.23. The second-order valence-corrected chi connectivity index (χ2v) is 6.35. The Labute approximate surface area is 116 Å². The van der Waals surface area contributed by atoms with E-state index in [1.807, 2.05) is 18.4 Å². The van der Waals surface area contributed by atoms with Crippen molar-refractivity contribution in [2.24, 2.45) is 0 Å². The molecule has 1 aromatic rings. The van der Waals surface area contributed by atoms with Crippen LogP contribution in [0.25, 0.3) is 0 Å².